The van der Waals surface area contributed by atoms with Crippen molar-refractivity contribution >= 4 is 27.0 Å². The molecule has 0 atom stereocenters. The second kappa shape index (κ2) is 9.77. The van der Waals surface area contributed by atoms with Crippen LogP contribution in [-0.2, 0) is 32.5 Å². The van der Waals surface area contributed by atoms with Gasteiger partial charge < -0.3 is 13.9 Å². The average Bonchev–Trinajstić information content (AvgIpc) is 3.06. The second-order valence-corrected chi connectivity index (χ2v) is 8.79. The van der Waals surface area contributed by atoms with Gasteiger partial charge in [-0.15, -0.1) is 0 Å². The first-order valence-corrected chi connectivity index (χ1v) is 11.3. The molecule has 0 unspecified atom stereocenters. The van der Waals surface area contributed by atoms with E-state index < -0.39 is 16.0 Å². The molecule has 3 aromatic rings. The third kappa shape index (κ3) is 5.61. The molecule has 2 aromatic carbocycles. The van der Waals surface area contributed by atoms with Crippen molar-refractivity contribution in [2.45, 2.75) is 26.3 Å². The Kier molecular flexibility index (Phi) is 7.12. The lowest BCUT2D eigenvalue weighted by atomic mass is 10.1. The summed E-state index contributed by atoms with van der Waals surface area (Å²) < 4.78 is 43.3. The van der Waals surface area contributed by atoms with Crippen LogP contribution in [0.5, 0.6) is 5.75 Å². The van der Waals surface area contributed by atoms with E-state index in [1.807, 2.05) is 36.4 Å². The number of sulfonamides is 1. The normalized spacial score (nSPS) is 11.5. The van der Waals surface area contributed by atoms with Crippen LogP contribution in [0.4, 0.5) is 0 Å². The first-order chi connectivity index (χ1) is 14.4. The maximum Gasteiger partial charge on any atom is 0.343 e. The summed E-state index contributed by atoms with van der Waals surface area (Å²) in [5.41, 5.74) is 2.32. The third-order valence-electron chi connectivity index (χ3n) is 4.75. The van der Waals surface area contributed by atoms with E-state index in [1.54, 1.807) is 19.1 Å². The minimum absolute atomic E-state index is 0.0458. The van der Waals surface area contributed by atoms with Crippen LogP contribution in [0.2, 0.25) is 0 Å². The Bertz CT molecular complexity index is 1110. The quantitative estimate of drug-likeness (QED) is 0.495. The number of esters is 1. The first-order valence-electron chi connectivity index (χ1n) is 9.61. The topological polar surface area (TPSA) is 94.8 Å². The fourth-order valence-corrected chi connectivity index (χ4v) is 4.19. The van der Waals surface area contributed by atoms with Crippen molar-refractivity contribution in [3.63, 3.8) is 0 Å². The van der Waals surface area contributed by atoms with Crippen molar-refractivity contribution < 1.29 is 27.1 Å². The van der Waals surface area contributed by atoms with Gasteiger partial charge in [0, 0.05) is 17.5 Å². The number of hydrogen-bond acceptors (Lipinski definition) is 6. The summed E-state index contributed by atoms with van der Waals surface area (Å²) in [7, 11) is -2.15. The van der Waals surface area contributed by atoms with Crippen LogP contribution < -0.4 is 9.46 Å². The van der Waals surface area contributed by atoms with E-state index in [1.165, 1.54) is 7.11 Å². The standard InChI is InChI=1S/C22H25NO6S/c1-16-19(14-23-30(25,26)13-7-10-17-8-4-3-5-9-17)18-11-6-12-20(22(18)29-16)28-15-21(24)27-2/h3-6,8-9,11-12,23H,7,10,13-15H2,1-2H3. The molecule has 3 rings (SSSR count). The molecule has 8 heteroatoms. The van der Waals surface area contributed by atoms with Crippen molar-refractivity contribution in [2.75, 3.05) is 19.5 Å². The molecule has 0 radical (unpaired) electrons. The highest BCUT2D eigenvalue weighted by Crippen LogP contribution is 2.32. The van der Waals surface area contributed by atoms with Crippen molar-refractivity contribution in [3.8, 4) is 5.75 Å². The molecule has 30 heavy (non-hydrogen) atoms. The van der Waals surface area contributed by atoms with Gasteiger partial charge in [-0.25, -0.2) is 17.9 Å². The molecule has 0 fully saturated rings. The third-order valence-corrected chi connectivity index (χ3v) is 6.16. The van der Waals surface area contributed by atoms with E-state index in [0.717, 1.165) is 16.5 Å². The summed E-state index contributed by atoms with van der Waals surface area (Å²) in [5.74, 6) is 0.535. The Balaban J connectivity index is 1.65. The number of nitrogens with one attached hydrogen (secondary N) is 1. The summed E-state index contributed by atoms with van der Waals surface area (Å²) in [4.78, 5) is 11.3. The maximum absolute atomic E-state index is 12.4. The van der Waals surface area contributed by atoms with Crippen LogP contribution in [0.1, 0.15) is 23.3 Å². The molecule has 0 spiro atoms. The van der Waals surface area contributed by atoms with Crippen LogP contribution in [-0.4, -0.2) is 33.9 Å². The van der Waals surface area contributed by atoms with E-state index in [9.17, 15) is 13.2 Å². The number of fused-ring (bicyclic) bond motifs is 1. The Hall–Kier alpha value is -2.84. The molecule has 7 nitrogen and oxygen atoms in total. The lowest BCUT2D eigenvalue weighted by molar-refractivity contribution is -0.142. The zero-order valence-corrected chi connectivity index (χ0v) is 17.8. The number of benzene rings is 2. The smallest absolute Gasteiger partial charge is 0.343 e. The number of carbonyl (C=O) groups excluding carboxylic acids is 1. The fourth-order valence-electron chi connectivity index (χ4n) is 3.16. The molecule has 1 N–H and O–H groups in total. The summed E-state index contributed by atoms with van der Waals surface area (Å²) >= 11 is 0. The molecule has 0 aliphatic heterocycles. The minimum atomic E-state index is -3.43. The van der Waals surface area contributed by atoms with Crippen LogP contribution in [0.15, 0.2) is 52.9 Å². The number of hydrogen-bond donors (Lipinski definition) is 1. The van der Waals surface area contributed by atoms with Gasteiger partial charge in [0.25, 0.3) is 0 Å². The number of aryl methyl sites for hydroxylation is 2. The monoisotopic (exact) mass is 431 g/mol. The summed E-state index contributed by atoms with van der Waals surface area (Å²) in [6.45, 7) is 1.65. The number of carbonyl (C=O) groups is 1. The molecule has 0 aliphatic carbocycles. The van der Waals surface area contributed by atoms with Crippen molar-refractivity contribution in [2.24, 2.45) is 0 Å². The average molecular weight is 432 g/mol. The fraction of sp³-hybridized carbons (Fsp3) is 0.318. The van der Waals surface area contributed by atoms with Crippen molar-refractivity contribution in [1.82, 2.24) is 4.72 Å². The molecule has 0 saturated heterocycles. The molecule has 1 aromatic heterocycles. The van der Waals surface area contributed by atoms with Crippen molar-refractivity contribution in [3.05, 3.63) is 65.4 Å². The summed E-state index contributed by atoms with van der Waals surface area (Å²) in [6.07, 6.45) is 1.24. The highest BCUT2D eigenvalue weighted by Gasteiger charge is 2.18. The molecule has 0 saturated carbocycles. The van der Waals surface area contributed by atoms with Gasteiger partial charge in [-0.3, -0.25) is 0 Å². The van der Waals surface area contributed by atoms with Gasteiger partial charge in [0.15, 0.2) is 17.9 Å². The van der Waals surface area contributed by atoms with Gasteiger partial charge in [0.05, 0.1) is 12.9 Å². The number of furan rings is 1. The Morgan fingerprint density at radius 2 is 1.87 bits per heavy atom. The zero-order valence-electron chi connectivity index (χ0n) is 17.0. The van der Waals surface area contributed by atoms with Gasteiger partial charge in [-0.2, -0.15) is 0 Å². The lowest BCUT2D eigenvalue weighted by Crippen LogP contribution is -2.26. The van der Waals surface area contributed by atoms with E-state index in [2.05, 4.69) is 9.46 Å². The highest BCUT2D eigenvalue weighted by atomic mass is 32.2. The van der Waals surface area contributed by atoms with E-state index in [-0.39, 0.29) is 18.9 Å². The van der Waals surface area contributed by atoms with Crippen LogP contribution in [0.3, 0.4) is 0 Å². The predicted molar refractivity (Wildman–Crippen MR) is 114 cm³/mol. The highest BCUT2D eigenvalue weighted by molar-refractivity contribution is 7.89. The number of methoxy groups -OCH3 is 1. The molecule has 0 bridgehead atoms. The van der Waals surface area contributed by atoms with Gasteiger partial charge in [0.2, 0.25) is 10.0 Å². The van der Waals surface area contributed by atoms with Gasteiger partial charge in [-0.05, 0) is 31.4 Å². The van der Waals surface area contributed by atoms with Gasteiger partial charge in [-0.1, -0.05) is 42.5 Å². The van der Waals surface area contributed by atoms with Crippen LogP contribution >= 0.6 is 0 Å². The molecule has 0 aliphatic rings. The largest absolute Gasteiger partial charge is 0.478 e. The first kappa shape index (κ1) is 21.9. The Morgan fingerprint density at radius 3 is 2.60 bits per heavy atom. The van der Waals surface area contributed by atoms with Crippen LogP contribution in [0, 0.1) is 6.92 Å². The minimum Gasteiger partial charge on any atom is -0.478 e. The van der Waals surface area contributed by atoms with Gasteiger partial charge >= 0.3 is 5.97 Å². The van der Waals surface area contributed by atoms with Gasteiger partial charge in [0.1, 0.15) is 5.76 Å². The Labute approximate surface area is 176 Å². The number of rotatable bonds is 10. The molecular weight excluding hydrogens is 406 g/mol. The van der Waals surface area contributed by atoms with Crippen LogP contribution in [0.25, 0.3) is 11.0 Å². The van der Waals surface area contributed by atoms with E-state index in [0.29, 0.717) is 29.9 Å². The van der Waals surface area contributed by atoms with Crippen molar-refractivity contribution in [1.29, 1.82) is 0 Å². The number of para-hydroxylation sites is 1. The van der Waals surface area contributed by atoms with E-state index >= 15 is 0 Å². The summed E-state index contributed by atoms with van der Waals surface area (Å²) in [6, 6.07) is 15.1. The molecular formula is C22H25NO6S. The van der Waals surface area contributed by atoms with E-state index in [4.69, 9.17) is 9.15 Å². The molecule has 160 valence electrons. The Morgan fingerprint density at radius 1 is 1.10 bits per heavy atom. The number of ether oxygens (including phenoxy) is 2. The maximum atomic E-state index is 12.4. The second-order valence-electron chi connectivity index (χ2n) is 6.86. The lowest BCUT2D eigenvalue weighted by Gasteiger charge is -2.07. The molecule has 1 heterocycles. The molecule has 0 amide bonds. The zero-order chi connectivity index (χ0) is 21.6. The summed E-state index contributed by atoms with van der Waals surface area (Å²) in [5, 5.41) is 0.738. The predicted octanol–water partition coefficient (Wildman–Crippen LogP) is 3.35. The SMILES string of the molecule is COC(=O)COc1cccc2c(CNS(=O)(=O)CCCc3ccccc3)c(C)oc12.